The van der Waals surface area contributed by atoms with Crippen LogP contribution in [0.25, 0.3) is 0 Å². The number of piperidine rings is 1. The quantitative estimate of drug-likeness (QED) is 0.427. The molecule has 1 fully saturated rings. The first kappa shape index (κ1) is 25.7. The van der Waals surface area contributed by atoms with Crippen LogP contribution in [0.5, 0.6) is 0 Å². The summed E-state index contributed by atoms with van der Waals surface area (Å²) in [5.41, 5.74) is -0.540. The zero-order valence-electron chi connectivity index (χ0n) is 19.5. The number of hydrogen-bond acceptors (Lipinski definition) is 4. The fraction of sp³-hybridized carbons (Fsp3) is 0.480. The van der Waals surface area contributed by atoms with Crippen LogP contribution in [0.2, 0.25) is 0 Å². The highest BCUT2D eigenvalue weighted by molar-refractivity contribution is 5.92. The third-order valence-corrected chi connectivity index (χ3v) is 6.39. The lowest BCUT2D eigenvalue weighted by Gasteiger charge is -2.40. The molecule has 9 heteroatoms. The van der Waals surface area contributed by atoms with Gasteiger partial charge in [0.15, 0.2) is 0 Å². The number of urea groups is 1. The van der Waals surface area contributed by atoms with Crippen LogP contribution >= 0.6 is 0 Å². The topological polar surface area (TPSA) is 65.0 Å². The van der Waals surface area contributed by atoms with Crippen LogP contribution in [0.4, 0.5) is 29.3 Å². The Labute approximate surface area is 198 Å². The number of likely N-dealkylation sites (tertiary alicyclic amines) is 1. The van der Waals surface area contributed by atoms with Crippen LogP contribution in [0.1, 0.15) is 50.7 Å². The smallest absolute Gasteiger partial charge is 0.317 e. The number of nitrogens with zero attached hydrogens (tertiary/aromatic N) is 3. The predicted molar refractivity (Wildman–Crippen MR) is 127 cm³/mol. The number of nitroso groups, excluding NO2 is 1. The van der Waals surface area contributed by atoms with Crippen molar-refractivity contribution in [2.45, 2.75) is 64.3 Å². The van der Waals surface area contributed by atoms with Gasteiger partial charge < -0.3 is 15.1 Å². The average Bonchev–Trinajstić information content (AvgIpc) is 2.83. The lowest BCUT2D eigenvalue weighted by atomic mass is 10.00. The molecule has 6 nitrogen and oxygen atoms in total. The van der Waals surface area contributed by atoms with Crippen LogP contribution in [0.15, 0.2) is 53.7 Å². The average molecular weight is 477 g/mol. The number of carbonyl (C=O) groups is 1. The van der Waals surface area contributed by atoms with Gasteiger partial charge in [-0.15, -0.1) is 4.91 Å². The molecule has 2 amide bonds. The van der Waals surface area contributed by atoms with Gasteiger partial charge in [0.1, 0.15) is 5.69 Å². The number of hydrogen-bond donors (Lipinski definition) is 1. The highest BCUT2D eigenvalue weighted by Crippen LogP contribution is 2.35. The van der Waals surface area contributed by atoms with E-state index in [1.165, 1.54) is 0 Å². The van der Waals surface area contributed by atoms with E-state index in [-0.39, 0.29) is 11.7 Å². The first-order chi connectivity index (χ1) is 16.2. The van der Waals surface area contributed by atoms with E-state index in [0.29, 0.717) is 18.7 Å². The number of rotatable bonds is 8. The number of amides is 2. The maximum atomic E-state index is 13.3. The molecule has 1 unspecified atom stereocenters. The molecule has 0 saturated carbocycles. The Bertz CT molecular complexity index is 960. The summed E-state index contributed by atoms with van der Waals surface area (Å²) in [5.74, 6) is 0. The van der Waals surface area contributed by atoms with Crippen molar-refractivity contribution in [1.29, 1.82) is 0 Å². The highest BCUT2D eigenvalue weighted by atomic mass is 19.4. The maximum absolute atomic E-state index is 13.3. The van der Waals surface area contributed by atoms with Crippen LogP contribution in [0, 0.1) is 4.91 Å². The van der Waals surface area contributed by atoms with Crippen molar-refractivity contribution >= 4 is 17.4 Å². The van der Waals surface area contributed by atoms with Gasteiger partial charge >= 0.3 is 12.2 Å². The van der Waals surface area contributed by atoms with E-state index in [4.69, 9.17) is 0 Å². The maximum Gasteiger partial charge on any atom is 0.416 e. The van der Waals surface area contributed by atoms with Crippen molar-refractivity contribution in [3.63, 3.8) is 0 Å². The number of alkyl halides is 3. The third-order valence-electron chi connectivity index (χ3n) is 6.39. The standard InChI is InChI=1S/C25H31F3N4O2/c1-3-7-18(2)31-14-12-21(13-15-31)32(17-19-8-5-4-6-9-19)24(33)29-22-11-10-20(25(26,27)28)16-23(22)30-34/h4-6,8-11,16,18,21H,3,7,12-15,17H2,1-2H3,(H,29,33). The Morgan fingerprint density at radius 2 is 1.85 bits per heavy atom. The molecule has 2 aromatic rings. The van der Waals surface area contributed by atoms with Crippen LogP contribution < -0.4 is 5.32 Å². The summed E-state index contributed by atoms with van der Waals surface area (Å²) in [6.45, 7) is 6.47. The van der Waals surface area contributed by atoms with Crippen molar-refractivity contribution in [2.24, 2.45) is 5.18 Å². The van der Waals surface area contributed by atoms with Crippen molar-refractivity contribution in [3.05, 3.63) is 64.6 Å². The monoisotopic (exact) mass is 476 g/mol. The molecular weight excluding hydrogens is 445 g/mol. The fourth-order valence-corrected chi connectivity index (χ4v) is 4.46. The Morgan fingerprint density at radius 1 is 1.18 bits per heavy atom. The zero-order valence-corrected chi connectivity index (χ0v) is 19.5. The highest BCUT2D eigenvalue weighted by Gasteiger charge is 2.33. The van der Waals surface area contributed by atoms with Gasteiger partial charge in [0.2, 0.25) is 0 Å². The largest absolute Gasteiger partial charge is 0.416 e. The molecule has 34 heavy (non-hydrogen) atoms. The molecule has 0 aliphatic carbocycles. The number of nitrogens with one attached hydrogen (secondary N) is 1. The summed E-state index contributed by atoms with van der Waals surface area (Å²) in [5, 5.41) is 5.33. The van der Waals surface area contributed by atoms with E-state index in [1.54, 1.807) is 4.90 Å². The summed E-state index contributed by atoms with van der Waals surface area (Å²) in [6.07, 6.45) is -0.789. The first-order valence-electron chi connectivity index (χ1n) is 11.6. The lowest BCUT2D eigenvalue weighted by Crippen LogP contribution is -2.50. The van der Waals surface area contributed by atoms with Crippen LogP contribution in [-0.2, 0) is 12.7 Å². The summed E-state index contributed by atoms with van der Waals surface area (Å²) in [6, 6.07) is 12.1. The Balaban J connectivity index is 1.79. The van der Waals surface area contributed by atoms with Gasteiger partial charge in [-0.2, -0.15) is 13.2 Å². The molecule has 3 rings (SSSR count). The van der Waals surface area contributed by atoms with Gasteiger partial charge in [-0.05, 0) is 55.1 Å². The minimum absolute atomic E-state index is 0.0348. The fourth-order valence-electron chi connectivity index (χ4n) is 4.46. The van der Waals surface area contributed by atoms with Crippen molar-refractivity contribution in [2.75, 3.05) is 18.4 Å². The van der Waals surface area contributed by atoms with Gasteiger partial charge in [0.25, 0.3) is 0 Å². The lowest BCUT2D eigenvalue weighted by molar-refractivity contribution is -0.137. The van der Waals surface area contributed by atoms with E-state index in [2.05, 4.69) is 29.2 Å². The molecule has 1 heterocycles. The minimum atomic E-state index is -4.61. The molecule has 1 aliphatic heterocycles. The predicted octanol–water partition coefficient (Wildman–Crippen LogP) is 6.79. The molecule has 1 N–H and O–H groups in total. The van der Waals surface area contributed by atoms with Crippen molar-refractivity contribution in [1.82, 2.24) is 9.80 Å². The second-order valence-corrected chi connectivity index (χ2v) is 8.77. The second kappa shape index (κ2) is 11.5. The van der Waals surface area contributed by atoms with Gasteiger partial charge in [-0.25, -0.2) is 4.79 Å². The van der Waals surface area contributed by atoms with E-state index in [0.717, 1.165) is 56.5 Å². The molecule has 0 bridgehead atoms. The number of anilines is 1. The summed E-state index contributed by atoms with van der Waals surface area (Å²) in [4.78, 5) is 28.7. The van der Waals surface area contributed by atoms with E-state index >= 15 is 0 Å². The van der Waals surface area contributed by atoms with Crippen LogP contribution in [0.3, 0.4) is 0 Å². The van der Waals surface area contributed by atoms with Crippen LogP contribution in [-0.4, -0.2) is 41.0 Å². The van der Waals surface area contributed by atoms with Gasteiger partial charge in [0, 0.05) is 31.7 Å². The molecule has 2 aromatic carbocycles. The van der Waals surface area contributed by atoms with E-state index < -0.39 is 23.5 Å². The molecule has 0 aromatic heterocycles. The van der Waals surface area contributed by atoms with E-state index in [9.17, 15) is 22.9 Å². The van der Waals surface area contributed by atoms with Gasteiger partial charge in [0.05, 0.1) is 11.3 Å². The van der Waals surface area contributed by atoms with Gasteiger partial charge in [-0.3, -0.25) is 0 Å². The summed E-state index contributed by atoms with van der Waals surface area (Å²) in [7, 11) is 0. The molecule has 1 aliphatic rings. The van der Waals surface area contributed by atoms with Gasteiger partial charge in [-0.1, -0.05) is 43.7 Å². The summed E-state index contributed by atoms with van der Waals surface area (Å²) >= 11 is 0. The van der Waals surface area contributed by atoms with E-state index in [1.807, 2.05) is 30.3 Å². The Kier molecular flexibility index (Phi) is 8.66. The molecule has 1 atom stereocenters. The molecule has 184 valence electrons. The SMILES string of the molecule is CCCC(C)N1CCC(N(Cc2ccccc2)C(=O)Nc2ccc(C(F)(F)F)cc2N=O)CC1. The molecular formula is C25H31F3N4O2. The molecule has 0 spiro atoms. The Morgan fingerprint density at radius 3 is 2.44 bits per heavy atom. The Hall–Kier alpha value is -2.94. The molecule has 1 saturated heterocycles. The number of carbonyl (C=O) groups excluding carboxylic acids is 1. The molecule has 0 radical (unpaired) electrons. The number of halogens is 3. The minimum Gasteiger partial charge on any atom is -0.317 e. The van der Waals surface area contributed by atoms with Crippen molar-refractivity contribution in [3.8, 4) is 0 Å². The van der Waals surface area contributed by atoms with Crippen molar-refractivity contribution < 1.29 is 18.0 Å². The summed E-state index contributed by atoms with van der Waals surface area (Å²) < 4.78 is 39.0. The second-order valence-electron chi connectivity index (χ2n) is 8.77. The zero-order chi connectivity index (χ0) is 24.7. The normalized spacial score (nSPS) is 16.1. The first-order valence-corrected chi connectivity index (χ1v) is 11.6. The number of benzene rings is 2. The third kappa shape index (κ3) is 6.56.